The molecule has 0 atom stereocenters. The molecule has 10 heteroatoms. The molecule has 0 amide bonds. The molecule has 1 saturated carbocycles. The first-order valence-electron chi connectivity index (χ1n) is 13.1. The normalized spacial score (nSPS) is 25.2. The van der Waals surface area contributed by atoms with E-state index >= 15 is 0 Å². The molecule has 1 aliphatic carbocycles. The molecule has 3 fully saturated rings. The lowest BCUT2D eigenvalue weighted by molar-refractivity contribution is 0.0335. The van der Waals surface area contributed by atoms with Crippen LogP contribution >= 0.6 is 11.6 Å². The Bertz CT molecular complexity index is 989. The Hall–Kier alpha value is -2.04. The number of rotatable bonds is 7. The van der Waals surface area contributed by atoms with Crippen molar-refractivity contribution in [3.63, 3.8) is 0 Å². The Kier molecular flexibility index (Phi) is 8.54. The molecule has 36 heavy (non-hydrogen) atoms. The number of ether oxygens (including phenoxy) is 3. The van der Waals surface area contributed by atoms with Gasteiger partial charge in [0.1, 0.15) is 12.4 Å². The number of hydrogen-bond donors (Lipinski definition) is 2. The highest BCUT2D eigenvalue weighted by atomic mass is 35.5. The zero-order valence-electron chi connectivity index (χ0n) is 20.8. The molecule has 0 bridgehead atoms. The van der Waals surface area contributed by atoms with E-state index in [4.69, 9.17) is 31.5 Å². The maximum absolute atomic E-state index is 6.52. The van der Waals surface area contributed by atoms with Gasteiger partial charge in [-0.15, -0.1) is 0 Å². The zero-order chi connectivity index (χ0) is 24.8. The zero-order valence-corrected chi connectivity index (χ0v) is 21.6. The summed E-state index contributed by atoms with van der Waals surface area (Å²) in [5.41, 5.74) is 7.47. The second kappa shape index (κ2) is 12.0. The van der Waals surface area contributed by atoms with Gasteiger partial charge in [0, 0.05) is 56.8 Å². The van der Waals surface area contributed by atoms with Gasteiger partial charge in [-0.25, -0.2) is 9.97 Å². The Morgan fingerprint density at radius 1 is 1.06 bits per heavy atom. The monoisotopic (exact) mass is 516 g/mol. The Balaban J connectivity index is 1.19. The van der Waals surface area contributed by atoms with Crippen molar-refractivity contribution in [2.24, 2.45) is 5.73 Å². The van der Waals surface area contributed by atoms with Gasteiger partial charge in [0.2, 0.25) is 5.88 Å². The third-order valence-corrected chi connectivity index (χ3v) is 7.86. The van der Waals surface area contributed by atoms with E-state index in [0.717, 1.165) is 69.8 Å². The second-order valence-electron chi connectivity index (χ2n) is 10.2. The van der Waals surface area contributed by atoms with Crippen molar-refractivity contribution in [1.29, 1.82) is 0 Å². The molecule has 5 rings (SSSR count). The van der Waals surface area contributed by atoms with Crippen molar-refractivity contribution < 1.29 is 14.2 Å². The van der Waals surface area contributed by atoms with Gasteiger partial charge in [-0.3, -0.25) is 9.88 Å². The van der Waals surface area contributed by atoms with Crippen molar-refractivity contribution in [3.8, 4) is 17.1 Å². The highest BCUT2D eigenvalue weighted by molar-refractivity contribution is 6.33. The highest BCUT2D eigenvalue weighted by Crippen LogP contribution is 2.31. The van der Waals surface area contributed by atoms with Crippen molar-refractivity contribution in [2.75, 3.05) is 51.4 Å². The molecule has 196 valence electrons. The van der Waals surface area contributed by atoms with Gasteiger partial charge in [-0.2, -0.15) is 0 Å². The number of nitrogens with two attached hydrogens (primary N) is 1. The fourth-order valence-electron chi connectivity index (χ4n) is 5.33. The van der Waals surface area contributed by atoms with Gasteiger partial charge in [-0.1, -0.05) is 11.6 Å². The molecule has 2 aliphatic heterocycles. The van der Waals surface area contributed by atoms with Gasteiger partial charge < -0.3 is 25.3 Å². The van der Waals surface area contributed by atoms with E-state index in [2.05, 4.69) is 25.2 Å². The SMILES string of the molecule is NC1(COc2cncc(-c3cc(N[C@H]4CC[C@@H](N5CCCOCC5)CC4)ncc3Cl)n2)CCOCC1. The van der Waals surface area contributed by atoms with Crippen molar-refractivity contribution in [1.82, 2.24) is 19.9 Å². The standard InChI is InChI=1S/C26H37ClN6O3/c27-22-15-30-24(31-19-2-4-20(5-3-19)33-8-1-10-34-13-9-33)14-21(22)23-16-29-17-25(32-23)36-18-26(28)6-11-35-12-7-26/h14-17,19-20H,1-13,18,28H2,(H,30,31)/t19-,20+. The number of halogens is 1. The summed E-state index contributed by atoms with van der Waals surface area (Å²) >= 11 is 6.52. The fourth-order valence-corrected chi connectivity index (χ4v) is 5.53. The first kappa shape index (κ1) is 25.6. The third kappa shape index (κ3) is 6.63. The number of nitrogens with zero attached hydrogens (tertiary/aromatic N) is 4. The summed E-state index contributed by atoms with van der Waals surface area (Å²) in [5.74, 6) is 1.24. The first-order valence-corrected chi connectivity index (χ1v) is 13.5. The van der Waals surface area contributed by atoms with Crippen LogP contribution in [0.3, 0.4) is 0 Å². The second-order valence-corrected chi connectivity index (χ2v) is 10.6. The number of hydrogen-bond acceptors (Lipinski definition) is 9. The Labute approximate surface area is 218 Å². The molecule has 4 heterocycles. The summed E-state index contributed by atoms with van der Waals surface area (Å²) < 4.78 is 17.0. The van der Waals surface area contributed by atoms with Crippen molar-refractivity contribution in [3.05, 3.63) is 29.7 Å². The molecule has 0 spiro atoms. The van der Waals surface area contributed by atoms with E-state index < -0.39 is 5.54 Å². The van der Waals surface area contributed by atoms with Gasteiger partial charge in [-0.05, 0) is 51.0 Å². The van der Waals surface area contributed by atoms with Gasteiger partial charge in [0.05, 0.1) is 35.3 Å². The van der Waals surface area contributed by atoms with Crippen molar-refractivity contribution >= 4 is 17.4 Å². The molecule has 3 aliphatic rings. The summed E-state index contributed by atoms with van der Waals surface area (Å²) in [6.07, 6.45) is 12.3. The molecule has 3 N–H and O–H groups in total. The average molecular weight is 517 g/mol. The molecular weight excluding hydrogens is 480 g/mol. The quantitative estimate of drug-likeness (QED) is 0.571. The van der Waals surface area contributed by atoms with Crippen LogP contribution in [0.1, 0.15) is 44.9 Å². The van der Waals surface area contributed by atoms with Gasteiger partial charge in [0.15, 0.2) is 0 Å². The van der Waals surface area contributed by atoms with Crippen molar-refractivity contribution in [2.45, 2.75) is 62.6 Å². The van der Waals surface area contributed by atoms with Gasteiger partial charge >= 0.3 is 0 Å². The highest BCUT2D eigenvalue weighted by Gasteiger charge is 2.29. The Morgan fingerprint density at radius 3 is 2.69 bits per heavy atom. The summed E-state index contributed by atoms with van der Waals surface area (Å²) in [4.78, 5) is 16.1. The third-order valence-electron chi connectivity index (χ3n) is 7.56. The summed E-state index contributed by atoms with van der Waals surface area (Å²) in [5, 5.41) is 4.15. The molecule has 2 aromatic rings. The minimum atomic E-state index is -0.401. The smallest absolute Gasteiger partial charge is 0.232 e. The minimum absolute atomic E-state index is 0.374. The van der Waals surface area contributed by atoms with Crippen LogP contribution in [0.5, 0.6) is 5.88 Å². The predicted molar refractivity (Wildman–Crippen MR) is 139 cm³/mol. The minimum Gasteiger partial charge on any atom is -0.475 e. The van der Waals surface area contributed by atoms with Crippen LogP contribution < -0.4 is 15.8 Å². The molecule has 2 saturated heterocycles. The number of pyridine rings is 1. The molecule has 0 unspecified atom stereocenters. The van der Waals surface area contributed by atoms with Crippen LogP contribution in [0.25, 0.3) is 11.3 Å². The van der Waals surface area contributed by atoms with Crippen LogP contribution in [-0.2, 0) is 9.47 Å². The lowest BCUT2D eigenvalue weighted by atomic mass is 9.90. The van der Waals surface area contributed by atoms with E-state index in [1.807, 2.05) is 6.07 Å². The first-order chi connectivity index (χ1) is 17.6. The van der Waals surface area contributed by atoms with E-state index in [1.165, 1.54) is 12.8 Å². The molecule has 0 aromatic carbocycles. The van der Waals surface area contributed by atoms with E-state index in [1.54, 1.807) is 18.6 Å². The topological polar surface area (TPSA) is 108 Å². The lowest BCUT2D eigenvalue weighted by Crippen LogP contribution is -2.49. The summed E-state index contributed by atoms with van der Waals surface area (Å²) in [7, 11) is 0. The van der Waals surface area contributed by atoms with Crippen LogP contribution in [0.2, 0.25) is 5.02 Å². The lowest BCUT2D eigenvalue weighted by Gasteiger charge is -2.36. The molecule has 0 radical (unpaired) electrons. The number of anilines is 1. The fraction of sp³-hybridized carbons (Fsp3) is 0.654. The van der Waals surface area contributed by atoms with Crippen LogP contribution in [0.15, 0.2) is 24.7 Å². The van der Waals surface area contributed by atoms with Crippen LogP contribution in [0.4, 0.5) is 5.82 Å². The van der Waals surface area contributed by atoms with Crippen LogP contribution in [0, 0.1) is 0 Å². The van der Waals surface area contributed by atoms with Gasteiger partial charge in [0.25, 0.3) is 0 Å². The molecule has 9 nitrogen and oxygen atoms in total. The largest absolute Gasteiger partial charge is 0.475 e. The molecule has 2 aromatic heterocycles. The maximum Gasteiger partial charge on any atom is 0.232 e. The maximum atomic E-state index is 6.52. The number of nitrogens with one attached hydrogen (secondary N) is 1. The molecular formula is C26H37ClN6O3. The average Bonchev–Trinajstić information content (AvgIpc) is 3.20. The van der Waals surface area contributed by atoms with E-state index in [-0.39, 0.29) is 0 Å². The number of aromatic nitrogens is 3. The van der Waals surface area contributed by atoms with E-state index in [9.17, 15) is 0 Å². The Morgan fingerprint density at radius 2 is 1.86 bits per heavy atom. The predicted octanol–water partition coefficient (Wildman–Crippen LogP) is 3.52. The summed E-state index contributed by atoms with van der Waals surface area (Å²) in [6.45, 7) is 5.63. The van der Waals surface area contributed by atoms with E-state index in [0.29, 0.717) is 48.5 Å². The van der Waals surface area contributed by atoms with Crippen LogP contribution in [-0.4, -0.2) is 83.6 Å². The summed E-state index contributed by atoms with van der Waals surface area (Å²) in [6, 6.07) is 3.01.